The Bertz CT molecular complexity index is 459. The lowest BCUT2D eigenvalue weighted by Crippen LogP contribution is -2.37. The number of amides is 2. The second-order valence-corrected chi connectivity index (χ2v) is 4.72. The highest BCUT2D eigenvalue weighted by molar-refractivity contribution is 5.75. The van der Waals surface area contributed by atoms with Gasteiger partial charge in [0.2, 0.25) is 0 Å². The molecule has 0 saturated heterocycles. The van der Waals surface area contributed by atoms with E-state index < -0.39 is 5.97 Å². The van der Waals surface area contributed by atoms with Gasteiger partial charge in [-0.25, -0.2) is 4.79 Å². The van der Waals surface area contributed by atoms with Crippen molar-refractivity contribution in [3.63, 3.8) is 0 Å². The van der Waals surface area contributed by atoms with Crippen LogP contribution in [-0.4, -0.2) is 42.2 Å². The van der Waals surface area contributed by atoms with E-state index in [1.54, 1.807) is 7.05 Å². The summed E-state index contributed by atoms with van der Waals surface area (Å²) in [4.78, 5) is 23.5. The minimum atomic E-state index is -0.919. The molecule has 6 nitrogen and oxygen atoms in total. The maximum atomic E-state index is 11.7. The summed E-state index contributed by atoms with van der Waals surface area (Å²) in [6.45, 7) is 3.31. The van der Waals surface area contributed by atoms with Gasteiger partial charge >= 0.3 is 12.0 Å². The molecule has 2 N–H and O–H groups in total. The van der Waals surface area contributed by atoms with Crippen LogP contribution >= 0.6 is 0 Å². The van der Waals surface area contributed by atoms with E-state index in [4.69, 9.17) is 9.84 Å². The maximum Gasteiger partial charge on any atom is 0.317 e. The van der Waals surface area contributed by atoms with E-state index in [0.29, 0.717) is 13.2 Å². The average molecular weight is 294 g/mol. The molecule has 1 aromatic carbocycles. The molecule has 0 bridgehead atoms. The van der Waals surface area contributed by atoms with Crippen LogP contribution in [0.1, 0.15) is 25.3 Å². The van der Waals surface area contributed by atoms with Crippen LogP contribution in [0.4, 0.5) is 4.79 Å². The summed E-state index contributed by atoms with van der Waals surface area (Å²) >= 11 is 0. The summed E-state index contributed by atoms with van der Waals surface area (Å²) in [7, 11) is 1.57. The van der Waals surface area contributed by atoms with Gasteiger partial charge in [0.05, 0.1) is 13.0 Å². The summed E-state index contributed by atoms with van der Waals surface area (Å²) in [6.07, 6.45) is 0.897. The van der Waals surface area contributed by atoms with Crippen molar-refractivity contribution in [3.8, 4) is 5.75 Å². The molecule has 0 fully saturated rings. The van der Waals surface area contributed by atoms with Gasteiger partial charge in [-0.3, -0.25) is 4.79 Å². The third-order valence-corrected chi connectivity index (χ3v) is 2.85. The molecule has 0 saturated carbocycles. The third-order valence-electron chi connectivity index (χ3n) is 2.85. The Morgan fingerprint density at radius 1 is 1.29 bits per heavy atom. The Kier molecular flexibility index (Phi) is 7.08. The van der Waals surface area contributed by atoms with Gasteiger partial charge in [-0.2, -0.15) is 0 Å². The van der Waals surface area contributed by atoms with Crippen molar-refractivity contribution in [2.24, 2.45) is 0 Å². The van der Waals surface area contributed by atoms with Crippen molar-refractivity contribution < 1.29 is 19.4 Å². The average Bonchev–Trinajstić information content (AvgIpc) is 2.49. The first kappa shape index (κ1) is 16.8. The Labute approximate surface area is 124 Å². The summed E-state index contributed by atoms with van der Waals surface area (Å²) in [5.74, 6) is -0.108. The SMILES string of the molecule is CCCOc1ccc(CNC(=O)N(C)CCC(=O)O)cc1. The Balaban J connectivity index is 2.36. The summed E-state index contributed by atoms with van der Waals surface area (Å²) in [5, 5.41) is 11.3. The van der Waals surface area contributed by atoms with Crippen LogP contribution in [0.5, 0.6) is 5.75 Å². The van der Waals surface area contributed by atoms with Crippen LogP contribution in [0.15, 0.2) is 24.3 Å². The Hall–Kier alpha value is -2.24. The lowest BCUT2D eigenvalue weighted by Gasteiger charge is -2.17. The number of carbonyl (C=O) groups excluding carboxylic acids is 1. The lowest BCUT2D eigenvalue weighted by molar-refractivity contribution is -0.137. The van der Waals surface area contributed by atoms with Crippen molar-refractivity contribution in [2.75, 3.05) is 20.2 Å². The van der Waals surface area contributed by atoms with E-state index in [2.05, 4.69) is 5.32 Å². The molecule has 0 aliphatic heterocycles. The Morgan fingerprint density at radius 3 is 2.52 bits per heavy atom. The number of hydrogen-bond donors (Lipinski definition) is 2. The molecule has 0 aromatic heterocycles. The number of hydrogen-bond acceptors (Lipinski definition) is 3. The second kappa shape index (κ2) is 8.84. The number of rotatable bonds is 8. The predicted molar refractivity (Wildman–Crippen MR) is 79.3 cm³/mol. The second-order valence-electron chi connectivity index (χ2n) is 4.72. The Morgan fingerprint density at radius 2 is 1.95 bits per heavy atom. The molecule has 0 aliphatic rings. The van der Waals surface area contributed by atoms with Crippen LogP contribution in [0.2, 0.25) is 0 Å². The van der Waals surface area contributed by atoms with Crippen LogP contribution < -0.4 is 10.1 Å². The molecule has 0 radical (unpaired) electrons. The molecule has 0 unspecified atom stereocenters. The van der Waals surface area contributed by atoms with E-state index in [0.717, 1.165) is 17.7 Å². The summed E-state index contributed by atoms with van der Waals surface area (Å²) in [5.41, 5.74) is 0.957. The molecule has 1 rings (SSSR count). The topological polar surface area (TPSA) is 78.9 Å². The molecular formula is C15H22N2O4. The van der Waals surface area contributed by atoms with Crippen LogP contribution in [-0.2, 0) is 11.3 Å². The number of carboxylic acids is 1. The normalized spacial score (nSPS) is 10.0. The fourth-order valence-electron chi connectivity index (χ4n) is 1.60. The summed E-state index contributed by atoms with van der Waals surface area (Å²) < 4.78 is 5.48. The predicted octanol–water partition coefficient (Wildman–Crippen LogP) is 2.09. The van der Waals surface area contributed by atoms with Gasteiger partial charge in [-0.15, -0.1) is 0 Å². The van der Waals surface area contributed by atoms with Crippen molar-refractivity contribution in [3.05, 3.63) is 29.8 Å². The van der Waals surface area contributed by atoms with Crippen molar-refractivity contribution in [1.82, 2.24) is 10.2 Å². The third kappa shape index (κ3) is 6.65. The van der Waals surface area contributed by atoms with Crippen molar-refractivity contribution >= 4 is 12.0 Å². The molecule has 0 heterocycles. The van der Waals surface area contributed by atoms with Gasteiger partial charge in [0.1, 0.15) is 5.75 Å². The van der Waals surface area contributed by atoms with Crippen LogP contribution in [0, 0.1) is 0 Å². The number of nitrogens with zero attached hydrogens (tertiary/aromatic N) is 1. The number of aliphatic carboxylic acids is 1. The van der Waals surface area contributed by atoms with E-state index >= 15 is 0 Å². The largest absolute Gasteiger partial charge is 0.494 e. The lowest BCUT2D eigenvalue weighted by atomic mass is 10.2. The molecule has 21 heavy (non-hydrogen) atoms. The zero-order valence-corrected chi connectivity index (χ0v) is 12.5. The van der Waals surface area contributed by atoms with Gasteiger partial charge in [0, 0.05) is 20.1 Å². The van der Waals surface area contributed by atoms with E-state index in [1.807, 2.05) is 31.2 Å². The number of carboxylic acid groups (broad SMARTS) is 1. The van der Waals surface area contributed by atoms with Gasteiger partial charge in [-0.05, 0) is 24.1 Å². The fourth-order valence-corrected chi connectivity index (χ4v) is 1.60. The first-order valence-corrected chi connectivity index (χ1v) is 6.95. The zero-order chi connectivity index (χ0) is 15.7. The molecule has 2 amide bonds. The molecule has 0 spiro atoms. The number of urea groups is 1. The van der Waals surface area contributed by atoms with E-state index in [-0.39, 0.29) is 19.0 Å². The van der Waals surface area contributed by atoms with E-state index in [9.17, 15) is 9.59 Å². The zero-order valence-electron chi connectivity index (χ0n) is 12.5. The highest BCUT2D eigenvalue weighted by Gasteiger charge is 2.09. The smallest absolute Gasteiger partial charge is 0.317 e. The highest BCUT2D eigenvalue weighted by Crippen LogP contribution is 2.12. The quantitative estimate of drug-likeness (QED) is 0.769. The van der Waals surface area contributed by atoms with Crippen LogP contribution in [0.3, 0.4) is 0 Å². The monoisotopic (exact) mass is 294 g/mol. The van der Waals surface area contributed by atoms with Gasteiger partial charge in [0.25, 0.3) is 0 Å². The first-order valence-electron chi connectivity index (χ1n) is 6.95. The van der Waals surface area contributed by atoms with Gasteiger partial charge in [-0.1, -0.05) is 19.1 Å². The van der Waals surface area contributed by atoms with Gasteiger partial charge < -0.3 is 20.1 Å². The van der Waals surface area contributed by atoms with Gasteiger partial charge in [0.15, 0.2) is 0 Å². The standard InChI is InChI=1S/C15H22N2O4/c1-3-10-21-13-6-4-12(5-7-13)11-16-15(20)17(2)9-8-14(18)19/h4-7H,3,8-11H2,1-2H3,(H,16,20)(H,18,19). The molecule has 116 valence electrons. The minimum Gasteiger partial charge on any atom is -0.494 e. The first-order chi connectivity index (χ1) is 10.0. The molecule has 1 aromatic rings. The number of nitrogens with one attached hydrogen (secondary N) is 1. The number of benzene rings is 1. The minimum absolute atomic E-state index is 0.0621. The van der Waals surface area contributed by atoms with Crippen LogP contribution in [0.25, 0.3) is 0 Å². The van der Waals surface area contributed by atoms with Crippen molar-refractivity contribution in [1.29, 1.82) is 0 Å². The molecule has 6 heteroatoms. The fraction of sp³-hybridized carbons (Fsp3) is 0.467. The molecule has 0 atom stereocenters. The summed E-state index contributed by atoms with van der Waals surface area (Å²) in [6, 6.07) is 7.23. The van der Waals surface area contributed by atoms with E-state index in [1.165, 1.54) is 4.90 Å². The highest BCUT2D eigenvalue weighted by atomic mass is 16.5. The maximum absolute atomic E-state index is 11.7. The molecule has 0 aliphatic carbocycles. The number of ether oxygens (including phenoxy) is 1. The number of carbonyl (C=O) groups is 2. The molecular weight excluding hydrogens is 272 g/mol. The van der Waals surface area contributed by atoms with Crippen molar-refractivity contribution in [2.45, 2.75) is 26.3 Å².